The minimum absolute atomic E-state index is 0.0681. The average molecular weight is 287 g/mol. The number of rotatable bonds is 5. The van der Waals surface area contributed by atoms with E-state index in [0.717, 1.165) is 24.0 Å². The average Bonchev–Trinajstić information content (AvgIpc) is 2.47. The van der Waals surface area contributed by atoms with Crippen molar-refractivity contribution in [3.8, 4) is 11.8 Å². The van der Waals surface area contributed by atoms with Crippen LogP contribution in [-0.4, -0.2) is 23.7 Å². The first-order valence-corrected chi connectivity index (χ1v) is 7.54. The minimum Gasteiger partial charge on any atom is -0.384 e. The van der Waals surface area contributed by atoms with Crippen LogP contribution in [0.25, 0.3) is 0 Å². The van der Waals surface area contributed by atoms with E-state index < -0.39 is 0 Å². The molecule has 0 bridgehead atoms. The third kappa shape index (κ3) is 4.91. The molecule has 1 rings (SSSR count). The Morgan fingerprint density at radius 2 is 2.00 bits per heavy atom. The van der Waals surface area contributed by atoms with E-state index in [1.54, 1.807) is 6.07 Å². The molecule has 0 fully saturated rings. The van der Waals surface area contributed by atoms with E-state index in [1.807, 2.05) is 19.1 Å². The van der Waals surface area contributed by atoms with Gasteiger partial charge in [0, 0.05) is 17.2 Å². The standard InChI is InChI=1S/C18H25NO2/c1-5-15(6-2)14(4)19-18(21)17-10-9-13(3)16(12-17)8-7-11-20/h9-10,12,14-15,20H,5-6,11H2,1-4H3,(H,19,21). The normalized spacial score (nSPS) is 11.7. The van der Waals surface area contributed by atoms with Crippen LogP contribution in [0, 0.1) is 24.7 Å². The third-order valence-corrected chi connectivity index (χ3v) is 3.92. The van der Waals surface area contributed by atoms with Crippen molar-refractivity contribution in [1.82, 2.24) is 5.32 Å². The molecule has 1 aromatic rings. The SMILES string of the molecule is CCC(CC)C(C)NC(=O)c1ccc(C)c(C#CCO)c1. The largest absolute Gasteiger partial charge is 0.384 e. The zero-order valence-electron chi connectivity index (χ0n) is 13.4. The number of amides is 1. The van der Waals surface area contributed by atoms with Gasteiger partial charge in [0.25, 0.3) is 5.91 Å². The first-order valence-electron chi connectivity index (χ1n) is 7.54. The second kappa shape index (κ2) is 8.49. The van der Waals surface area contributed by atoms with Gasteiger partial charge in [-0.15, -0.1) is 0 Å². The number of aryl methyl sites for hydroxylation is 1. The second-order valence-electron chi connectivity index (χ2n) is 5.33. The highest BCUT2D eigenvalue weighted by atomic mass is 16.2. The predicted molar refractivity (Wildman–Crippen MR) is 86.1 cm³/mol. The van der Waals surface area contributed by atoms with E-state index in [2.05, 4.69) is 37.9 Å². The lowest BCUT2D eigenvalue weighted by Gasteiger charge is -2.22. The molecule has 1 amide bonds. The van der Waals surface area contributed by atoms with Crippen LogP contribution >= 0.6 is 0 Å². The van der Waals surface area contributed by atoms with Gasteiger partial charge in [0.1, 0.15) is 6.61 Å². The molecule has 0 saturated carbocycles. The molecule has 3 nitrogen and oxygen atoms in total. The number of nitrogens with one attached hydrogen (secondary N) is 1. The van der Waals surface area contributed by atoms with Crippen LogP contribution in [0.15, 0.2) is 18.2 Å². The third-order valence-electron chi connectivity index (χ3n) is 3.92. The fourth-order valence-electron chi connectivity index (χ4n) is 2.44. The fraction of sp³-hybridized carbons (Fsp3) is 0.500. The summed E-state index contributed by atoms with van der Waals surface area (Å²) in [4.78, 5) is 12.3. The van der Waals surface area contributed by atoms with Crippen molar-refractivity contribution >= 4 is 5.91 Å². The summed E-state index contributed by atoms with van der Waals surface area (Å²) in [5.41, 5.74) is 2.40. The number of hydrogen-bond donors (Lipinski definition) is 2. The zero-order valence-corrected chi connectivity index (χ0v) is 13.4. The number of aliphatic hydroxyl groups excluding tert-OH is 1. The Hall–Kier alpha value is -1.79. The summed E-state index contributed by atoms with van der Waals surface area (Å²) < 4.78 is 0. The van der Waals surface area contributed by atoms with Gasteiger partial charge in [-0.25, -0.2) is 0 Å². The van der Waals surface area contributed by atoms with Gasteiger partial charge in [0.15, 0.2) is 0 Å². The quantitative estimate of drug-likeness (QED) is 0.818. The van der Waals surface area contributed by atoms with E-state index in [4.69, 9.17) is 5.11 Å². The molecule has 0 aromatic heterocycles. The van der Waals surface area contributed by atoms with Gasteiger partial charge in [0.2, 0.25) is 0 Å². The molecular formula is C18H25NO2. The van der Waals surface area contributed by atoms with Gasteiger partial charge >= 0.3 is 0 Å². The first kappa shape index (κ1) is 17.3. The lowest BCUT2D eigenvalue weighted by molar-refractivity contribution is 0.0925. The summed E-state index contributed by atoms with van der Waals surface area (Å²) in [6.07, 6.45) is 2.11. The summed E-state index contributed by atoms with van der Waals surface area (Å²) in [6.45, 7) is 8.10. The summed E-state index contributed by atoms with van der Waals surface area (Å²) >= 11 is 0. The van der Waals surface area contributed by atoms with E-state index in [1.165, 1.54) is 0 Å². The van der Waals surface area contributed by atoms with Gasteiger partial charge in [-0.3, -0.25) is 4.79 Å². The molecule has 0 saturated heterocycles. The molecule has 1 aromatic carbocycles. The summed E-state index contributed by atoms with van der Waals surface area (Å²) in [5.74, 6) is 5.92. The molecule has 0 radical (unpaired) electrons. The lowest BCUT2D eigenvalue weighted by Crippen LogP contribution is -2.37. The molecule has 21 heavy (non-hydrogen) atoms. The van der Waals surface area contributed by atoms with E-state index in [0.29, 0.717) is 11.5 Å². The van der Waals surface area contributed by atoms with Crippen LogP contribution in [-0.2, 0) is 0 Å². The van der Waals surface area contributed by atoms with Gasteiger partial charge < -0.3 is 10.4 Å². The maximum atomic E-state index is 12.3. The van der Waals surface area contributed by atoms with Gasteiger partial charge in [0.05, 0.1) is 0 Å². The van der Waals surface area contributed by atoms with Gasteiger partial charge in [-0.2, -0.15) is 0 Å². The van der Waals surface area contributed by atoms with Crippen LogP contribution in [0.4, 0.5) is 0 Å². The monoisotopic (exact) mass is 287 g/mol. The Morgan fingerprint density at radius 1 is 1.33 bits per heavy atom. The number of benzene rings is 1. The van der Waals surface area contributed by atoms with E-state index in [9.17, 15) is 4.79 Å². The first-order chi connectivity index (χ1) is 10.0. The predicted octanol–water partition coefficient (Wildman–Crippen LogP) is 2.89. The summed E-state index contributed by atoms with van der Waals surface area (Å²) in [5, 5.41) is 11.8. The smallest absolute Gasteiger partial charge is 0.251 e. The van der Waals surface area contributed by atoms with Crippen molar-refractivity contribution in [3.05, 3.63) is 34.9 Å². The van der Waals surface area contributed by atoms with Crippen LogP contribution in [0.1, 0.15) is 55.1 Å². The number of aliphatic hydroxyl groups is 1. The fourth-order valence-corrected chi connectivity index (χ4v) is 2.44. The summed E-state index contributed by atoms with van der Waals surface area (Å²) in [7, 11) is 0. The molecule has 2 N–H and O–H groups in total. The van der Waals surface area contributed by atoms with Crippen LogP contribution in [0.5, 0.6) is 0 Å². The van der Waals surface area contributed by atoms with E-state index in [-0.39, 0.29) is 18.6 Å². The number of carbonyl (C=O) groups is 1. The van der Waals surface area contributed by atoms with Crippen molar-refractivity contribution in [2.24, 2.45) is 5.92 Å². The molecule has 0 aliphatic rings. The Balaban J connectivity index is 2.88. The molecule has 0 heterocycles. The van der Waals surface area contributed by atoms with Crippen molar-refractivity contribution in [3.63, 3.8) is 0 Å². The molecule has 0 spiro atoms. The Bertz CT molecular complexity index is 536. The van der Waals surface area contributed by atoms with E-state index >= 15 is 0 Å². The molecule has 114 valence electrons. The molecule has 0 aliphatic heterocycles. The minimum atomic E-state index is -0.179. The van der Waals surface area contributed by atoms with Crippen molar-refractivity contribution < 1.29 is 9.90 Å². The molecule has 3 heteroatoms. The Morgan fingerprint density at radius 3 is 2.57 bits per heavy atom. The van der Waals surface area contributed by atoms with Crippen molar-refractivity contribution in [1.29, 1.82) is 0 Å². The highest BCUT2D eigenvalue weighted by molar-refractivity contribution is 5.94. The number of hydrogen-bond acceptors (Lipinski definition) is 2. The van der Waals surface area contributed by atoms with Crippen LogP contribution in [0.3, 0.4) is 0 Å². The van der Waals surface area contributed by atoms with Crippen molar-refractivity contribution in [2.45, 2.75) is 46.6 Å². The lowest BCUT2D eigenvalue weighted by atomic mass is 9.95. The van der Waals surface area contributed by atoms with Crippen LogP contribution < -0.4 is 5.32 Å². The van der Waals surface area contributed by atoms with Gasteiger partial charge in [-0.05, 0) is 37.5 Å². The summed E-state index contributed by atoms with van der Waals surface area (Å²) in [6, 6.07) is 5.64. The molecular weight excluding hydrogens is 262 g/mol. The molecule has 1 atom stereocenters. The Kier molecular flexibility index (Phi) is 6.98. The second-order valence-corrected chi connectivity index (χ2v) is 5.33. The highest BCUT2D eigenvalue weighted by Crippen LogP contribution is 2.14. The molecule has 1 unspecified atom stereocenters. The highest BCUT2D eigenvalue weighted by Gasteiger charge is 2.17. The zero-order chi connectivity index (χ0) is 15.8. The Labute approximate surface area is 127 Å². The van der Waals surface area contributed by atoms with Gasteiger partial charge in [-0.1, -0.05) is 44.6 Å². The number of carbonyl (C=O) groups excluding carboxylic acids is 1. The van der Waals surface area contributed by atoms with Crippen molar-refractivity contribution in [2.75, 3.05) is 6.61 Å². The topological polar surface area (TPSA) is 49.3 Å². The molecule has 0 aliphatic carbocycles. The maximum absolute atomic E-state index is 12.3. The van der Waals surface area contributed by atoms with Crippen LogP contribution in [0.2, 0.25) is 0 Å². The maximum Gasteiger partial charge on any atom is 0.251 e.